The zero-order valence-electron chi connectivity index (χ0n) is 7.65. The van der Waals surface area contributed by atoms with Crippen molar-refractivity contribution in [1.29, 1.82) is 0 Å². The van der Waals surface area contributed by atoms with E-state index in [1.54, 1.807) is 6.92 Å². The lowest BCUT2D eigenvalue weighted by Crippen LogP contribution is -2.29. The van der Waals surface area contributed by atoms with Crippen LogP contribution in [0.4, 0.5) is 4.39 Å². The van der Waals surface area contributed by atoms with E-state index in [4.69, 9.17) is 0 Å². The zero-order chi connectivity index (χ0) is 8.48. The molecule has 1 heterocycles. The molecular formula is C9H18FN. The van der Waals surface area contributed by atoms with Crippen molar-refractivity contribution in [3.8, 4) is 0 Å². The Bertz CT molecular complexity index is 132. The van der Waals surface area contributed by atoms with E-state index in [1.165, 1.54) is 0 Å². The second-order valence-electron chi connectivity index (χ2n) is 4.24. The summed E-state index contributed by atoms with van der Waals surface area (Å²) in [6, 6.07) is 0. The van der Waals surface area contributed by atoms with Crippen LogP contribution in [-0.2, 0) is 0 Å². The van der Waals surface area contributed by atoms with Crippen molar-refractivity contribution in [3.05, 3.63) is 0 Å². The number of nitrogens with one attached hydrogen (secondary N) is 1. The molecule has 11 heavy (non-hydrogen) atoms. The quantitative estimate of drug-likeness (QED) is 0.649. The Kier molecular flexibility index (Phi) is 2.53. The number of rotatable bonds is 2. The highest BCUT2D eigenvalue weighted by molar-refractivity contribution is 4.92. The van der Waals surface area contributed by atoms with E-state index in [0.717, 1.165) is 13.0 Å². The molecule has 0 spiro atoms. The first kappa shape index (κ1) is 8.98. The van der Waals surface area contributed by atoms with Crippen LogP contribution in [0.1, 0.15) is 27.2 Å². The van der Waals surface area contributed by atoms with Crippen molar-refractivity contribution in [2.24, 2.45) is 11.8 Å². The summed E-state index contributed by atoms with van der Waals surface area (Å²) < 4.78 is 13.6. The molecule has 2 unspecified atom stereocenters. The van der Waals surface area contributed by atoms with Gasteiger partial charge in [0.25, 0.3) is 0 Å². The molecule has 0 amide bonds. The van der Waals surface area contributed by atoms with Gasteiger partial charge >= 0.3 is 0 Å². The molecule has 0 bridgehead atoms. The minimum atomic E-state index is -0.968. The second-order valence-corrected chi connectivity index (χ2v) is 4.24. The Labute approximate surface area is 68.4 Å². The summed E-state index contributed by atoms with van der Waals surface area (Å²) in [4.78, 5) is 0. The van der Waals surface area contributed by atoms with Crippen LogP contribution in [0.2, 0.25) is 0 Å². The Morgan fingerprint density at radius 1 is 1.64 bits per heavy atom. The van der Waals surface area contributed by atoms with Crippen molar-refractivity contribution in [2.45, 2.75) is 32.9 Å². The van der Waals surface area contributed by atoms with Crippen LogP contribution < -0.4 is 5.32 Å². The lowest BCUT2D eigenvalue weighted by molar-refractivity contribution is 0.136. The first-order valence-corrected chi connectivity index (χ1v) is 4.42. The van der Waals surface area contributed by atoms with E-state index in [9.17, 15) is 4.39 Å². The molecule has 0 aromatic rings. The van der Waals surface area contributed by atoms with E-state index in [2.05, 4.69) is 19.2 Å². The maximum Gasteiger partial charge on any atom is 0.124 e. The maximum atomic E-state index is 13.6. The monoisotopic (exact) mass is 159 g/mol. The van der Waals surface area contributed by atoms with Gasteiger partial charge in [-0.2, -0.15) is 0 Å². The van der Waals surface area contributed by atoms with Gasteiger partial charge < -0.3 is 5.32 Å². The van der Waals surface area contributed by atoms with E-state index < -0.39 is 5.67 Å². The van der Waals surface area contributed by atoms with Crippen LogP contribution in [0.15, 0.2) is 0 Å². The summed E-state index contributed by atoms with van der Waals surface area (Å²) in [5.41, 5.74) is -0.968. The molecule has 1 N–H and O–H groups in total. The van der Waals surface area contributed by atoms with E-state index >= 15 is 0 Å². The molecule has 1 aliphatic rings. The first-order valence-electron chi connectivity index (χ1n) is 4.42. The summed E-state index contributed by atoms with van der Waals surface area (Å²) in [6.45, 7) is 7.39. The van der Waals surface area contributed by atoms with Crippen molar-refractivity contribution < 1.29 is 4.39 Å². The number of hydrogen-bond donors (Lipinski definition) is 1. The Balaban J connectivity index is 2.45. The molecule has 0 aliphatic carbocycles. The Hall–Kier alpha value is -0.110. The SMILES string of the molecule is CC(C)CC1CNCC1(C)F. The molecule has 2 atom stereocenters. The fourth-order valence-electron chi connectivity index (χ4n) is 1.75. The fraction of sp³-hybridized carbons (Fsp3) is 1.00. The third-order valence-electron chi connectivity index (χ3n) is 2.47. The standard InChI is InChI=1S/C9H18FN/c1-7(2)4-8-5-11-6-9(8,3)10/h7-8,11H,4-6H2,1-3H3. The Morgan fingerprint density at radius 3 is 2.64 bits per heavy atom. The molecule has 1 saturated heterocycles. The van der Waals surface area contributed by atoms with Gasteiger partial charge in [-0.25, -0.2) is 4.39 Å². The van der Waals surface area contributed by atoms with Crippen LogP contribution in [0.5, 0.6) is 0 Å². The highest BCUT2D eigenvalue weighted by Crippen LogP contribution is 2.30. The van der Waals surface area contributed by atoms with Gasteiger partial charge in [-0.1, -0.05) is 13.8 Å². The van der Waals surface area contributed by atoms with Crippen molar-refractivity contribution in [3.63, 3.8) is 0 Å². The third kappa shape index (κ3) is 2.16. The van der Waals surface area contributed by atoms with Gasteiger partial charge in [0.2, 0.25) is 0 Å². The van der Waals surface area contributed by atoms with Crippen molar-refractivity contribution in [1.82, 2.24) is 5.32 Å². The molecule has 2 heteroatoms. The number of alkyl halides is 1. The van der Waals surface area contributed by atoms with Gasteiger partial charge in [0.1, 0.15) is 5.67 Å². The summed E-state index contributed by atoms with van der Waals surface area (Å²) in [6.07, 6.45) is 1.00. The molecule has 0 saturated carbocycles. The van der Waals surface area contributed by atoms with Gasteiger partial charge in [0, 0.05) is 19.0 Å². The minimum absolute atomic E-state index is 0.225. The van der Waals surface area contributed by atoms with Gasteiger partial charge in [-0.05, 0) is 19.3 Å². The number of halogens is 1. The smallest absolute Gasteiger partial charge is 0.124 e. The summed E-state index contributed by atoms with van der Waals surface area (Å²) >= 11 is 0. The van der Waals surface area contributed by atoms with E-state index in [-0.39, 0.29) is 5.92 Å². The fourth-order valence-corrected chi connectivity index (χ4v) is 1.75. The lowest BCUT2D eigenvalue weighted by atomic mass is 9.87. The second kappa shape index (κ2) is 3.10. The average molecular weight is 159 g/mol. The predicted octanol–water partition coefficient (Wildman–Crippen LogP) is 1.98. The average Bonchev–Trinajstić information content (AvgIpc) is 2.10. The maximum absolute atomic E-state index is 13.6. The van der Waals surface area contributed by atoms with E-state index in [0.29, 0.717) is 12.5 Å². The molecule has 66 valence electrons. The zero-order valence-corrected chi connectivity index (χ0v) is 7.65. The van der Waals surface area contributed by atoms with Gasteiger partial charge in [0.05, 0.1) is 0 Å². The highest BCUT2D eigenvalue weighted by Gasteiger charge is 2.38. The molecule has 0 aromatic heterocycles. The molecule has 0 aromatic carbocycles. The van der Waals surface area contributed by atoms with Gasteiger partial charge in [-0.3, -0.25) is 0 Å². The molecule has 1 rings (SSSR count). The molecular weight excluding hydrogens is 141 g/mol. The van der Waals surface area contributed by atoms with Crippen LogP contribution in [-0.4, -0.2) is 18.8 Å². The van der Waals surface area contributed by atoms with Crippen LogP contribution >= 0.6 is 0 Å². The van der Waals surface area contributed by atoms with Crippen LogP contribution in [0.3, 0.4) is 0 Å². The summed E-state index contributed by atoms with van der Waals surface area (Å²) in [7, 11) is 0. The van der Waals surface area contributed by atoms with E-state index in [1.807, 2.05) is 0 Å². The molecule has 1 fully saturated rings. The third-order valence-corrected chi connectivity index (χ3v) is 2.47. The van der Waals surface area contributed by atoms with Gasteiger partial charge in [0.15, 0.2) is 0 Å². The summed E-state index contributed by atoms with van der Waals surface area (Å²) in [5, 5.41) is 3.09. The number of hydrogen-bond acceptors (Lipinski definition) is 1. The lowest BCUT2D eigenvalue weighted by Gasteiger charge is -2.22. The normalized spacial score (nSPS) is 38.5. The van der Waals surface area contributed by atoms with Gasteiger partial charge in [-0.15, -0.1) is 0 Å². The molecule has 0 radical (unpaired) electrons. The van der Waals surface area contributed by atoms with Crippen molar-refractivity contribution in [2.75, 3.05) is 13.1 Å². The minimum Gasteiger partial charge on any atom is -0.313 e. The largest absolute Gasteiger partial charge is 0.313 e. The Morgan fingerprint density at radius 2 is 2.27 bits per heavy atom. The molecule has 1 nitrogen and oxygen atoms in total. The predicted molar refractivity (Wildman–Crippen MR) is 45.3 cm³/mol. The van der Waals surface area contributed by atoms with Crippen molar-refractivity contribution >= 4 is 0 Å². The first-order chi connectivity index (χ1) is 5.02. The topological polar surface area (TPSA) is 12.0 Å². The van der Waals surface area contributed by atoms with Crippen LogP contribution in [0, 0.1) is 11.8 Å². The highest BCUT2D eigenvalue weighted by atomic mass is 19.1. The van der Waals surface area contributed by atoms with Crippen LogP contribution in [0.25, 0.3) is 0 Å². The molecule has 1 aliphatic heterocycles. The summed E-state index contributed by atoms with van der Waals surface area (Å²) in [5.74, 6) is 0.831.